The first kappa shape index (κ1) is 14.9. The van der Waals surface area contributed by atoms with E-state index in [4.69, 9.17) is 14.2 Å². The molecule has 21 heavy (non-hydrogen) atoms. The van der Waals surface area contributed by atoms with Gasteiger partial charge in [0.25, 0.3) is 0 Å². The second-order valence-electron chi connectivity index (χ2n) is 4.50. The first-order chi connectivity index (χ1) is 10.0. The fourth-order valence-electron chi connectivity index (χ4n) is 2.21. The van der Waals surface area contributed by atoms with Crippen LogP contribution >= 0.6 is 0 Å². The van der Waals surface area contributed by atoms with Crippen LogP contribution < -0.4 is 14.2 Å². The molecular weight excluding hydrogens is 272 g/mol. The topological polar surface area (TPSA) is 62.6 Å². The zero-order valence-electron chi connectivity index (χ0n) is 12.8. The Morgan fingerprint density at radius 1 is 1.10 bits per heavy atom. The number of aromatic nitrogens is 2. The van der Waals surface area contributed by atoms with Crippen molar-refractivity contribution in [3.8, 4) is 22.9 Å². The van der Waals surface area contributed by atoms with Gasteiger partial charge in [-0.15, -0.1) is 0 Å². The van der Waals surface area contributed by atoms with Gasteiger partial charge in [0.2, 0.25) is 5.75 Å². The SMILES string of the molecule is COc1cc(-n2ncc(C(C)=O)c2C)cc(OC)c1OC. The van der Waals surface area contributed by atoms with Gasteiger partial charge >= 0.3 is 0 Å². The highest BCUT2D eigenvalue weighted by Gasteiger charge is 2.17. The van der Waals surface area contributed by atoms with Crippen LogP contribution in [0, 0.1) is 6.92 Å². The minimum atomic E-state index is -0.0220. The van der Waals surface area contributed by atoms with Gasteiger partial charge in [0, 0.05) is 12.1 Å². The third-order valence-electron chi connectivity index (χ3n) is 3.28. The van der Waals surface area contributed by atoms with Gasteiger partial charge in [-0.05, 0) is 13.8 Å². The average Bonchev–Trinajstić information content (AvgIpc) is 2.87. The molecule has 0 saturated heterocycles. The Labute approximate surface area is 123 Å². The molecule has 1 aromatic heterocycles. The summed E-state index contributed by atoms with van der Waals surface area (Å²) in [6.45, 7) is 3.36. The number of methoxy groups -OCH3 is 3. The van der Waals surface area contributed by atoms with Crippen molar-refractivity contribution in [2.45, 2.75) is 13.8 Å². The maximum Gasteiger partial charge on any atom is 0.203 e. The Morgan fingerprint density at radius 3 is 2.05 bits per heavy atom. The largest absolute Gasteiger partial charge is 0.493 e. The lowest BCUT2D eigenvalue weighted by molar-refractivity contribution is 0.101. The summed E-state index contributed by atoms with van der Waals surface area (Å²) in [4.78, 5) is 11.5. The molecule has 1 heterocycles. The van der Waals surface area contributed by atoms with E-state index in [0.717, 1.165) is 11.4 Å². The average molecular weight is 290 g/mol. The molecule has 0 aliphatic rings. The highest BCUT2D eigenvalue weighted by Crippen LogP contribution is 2.39. The molecule has 6 nitrogen and oxygen atoms in total. The van der Waals surface area contributed by atoms with Crippen molar-refractivity contribution in [1.29, 1.82) is 0 Å². The van der Waals surface area contributed by atoms with E-state index in [9.17, 15) is 4.79 Å². The summed E-state index contributed by atoms with van der Waals surface area (Å²) in [5.74, 6) is 1.56. The molecular formula is C15H18N2O4. The standard InChI is InChI=1S/C15H18N2O4/c1-9-12(10(2)18)8-16-17(9)11-6-13(19-3)15(21-5)14(7-11)20-4/h6-8H,1-5H3. The third-order valence-corrected chi connectivity index (χ3v) is 3.28. The van der Waals surface area contributed by atoms with Gasteiger partial charge in [-0.1, -0.05) is 0 Å². The van der Waals surface area contributed by atoms with Crippen molar-refractivity contribution in [2.75, 3.05) is 21.3 Å². The lowest BCUT2D eigenvalue weighted by atomic mass is 10.2. The molecule has 112 valence electrons. The predicted octanol–water partition coefficient (Wildman–Crippen LogP) is 2.41. The number of ketones is 1. The Bertz CT molecular complexity index is 651. The quantitative estimate of drug-likeness (QED) is 0.791. The first-order valence-corrected chi connectivity index (χ1v) is 6.39. The summed E-state index contributed by atoms with van der Waals surface area (Å²) in [5.41, 5.74) is 2.08. The summed E-state index contributed by atoms with van der Waals surface area (Å²) >= 11 is 0. The molecule has 2 rings (SSSR count). The van der Waals surface area contributed by atoms with Crippen LogP contribution in [0.5, 0.6) is 17.2 Å². The number of Topliss-reactive ketones (excluding diaryl/α,β-unsaturated/α-hetero) is 1. The van der Waals surface area contributed by atoms with Crippen molar-refractivity contribution in [2.24, 2.45) is 0 Å². The van der Waals surface area contributed by atoms with E-state index < -0.39 is 0 Å². The smallest absolute Gasteiger partial charge is 0.203 e. The van der Waals surface area contributed by atoms with Crippen molar-refractivity contribution in [1.82, 2.24) is 9.78 Å². The van der Waals surface area contributed by atoms with E-state index in [-0.39, 0.29) is 5.78 Å². The Kier molecular flexibility index (Phi) is 4.16. The van der Waals surface area contributed by atoms with Gasteiger partial charge in [0.15, 0.2) is 17.3 Å². The number of carbonyl (C=O) groups excluding carboxylic acids is 1. The van der Waals surface area contributed by atoms with Crippen LogP contribution in [-0.4, -0.2) is 36.9 Å². The molecule has 0 spiro atoms. The summed E-state index contributed by atoms with van der Waals surface area (Å²) in [6, 6.07) is 3.57. The molecule has 0 fully saturated rings. The van der Waals surface area contributed by atoms with Crippen LogP contribution in [0.3, 0.4) is 0 Å². The molecule has 0 atom stereocenters. The summed E-state index contributed by atoms with van der Waals surface area (Å²) in [5, 5.41) is 4.26. The number of carbonyl (C=O) groups is 1. The van der Waals surface area contributed by atoms with Gasteiger partial charge in [-0.25, -0.2) is 4.68 Å². The third kappa shape index (κ3) is 2.56. The van der Waals surface area contributed by atoms with E-state index in [1.165, 1.54) is 6.92 Å². The van der Waals surface area contributed by atoms with Gasteiger partial charge in [0.1, 0.15) is 0 Å². The second kappa shape index (κ2) is 5.87. The highest BCUT2D eigenvalue weighted by molar-refractivity contribution is 5.95. The highest BCUT2D eigenvalue weighted by atomic mass is 16.5. The monoisotopic (exact) mass is 290 g/mol. The molecule has 0 unspecified atom stereocenters. The number of hydrogen-bond donors (Lipinski definition) is 0. The van der Waals surface area contributed by atoms with E-state index in [0.29, 0.717) is 22.8 Å². The van der Waals surface area contributed by atoms with E-state index in [1.54, 1.807) is 44.3 Å². The number of hydrogen-bond acceptors (Lipinski definition) is 5. The van der Waals surface area contributed by atoms with Gasteiger partial charge < -0.3 is 14.2 Å². The van der Waals surface area contributed by atoms with Crippen LogP contribution in [0.25, 0.3) is 5.69 Å². The molecule has 0 amide bonds. The molecule has 2 aromatic rings. The van der Waals surface area contributed by atoms with Gasteiger partial charge in [-0.3, -0.25) is 4.79 Å². The number of rotatable bonds is 5. The summed E-state index contributed by atoms with van der Waals surface area (Å²) in [7, 11) is 4.66. The summed E-state index contributed by atoms with van der Waals surface area (Å²) in [6.07, 6.45) is 1.56. The summed E-state index contributed by atoms with van der Waals surface area (Å²) < 4.78 is 17.6. The zero-order valence-corrected chi connectivity index (χ0v) is 12.8. The molecule has 6 heteroatoms. The normalized spacial score (nSPS) is 10.3. The lowest BCUT2D eigenvalue weighted by Gasteiger charge is -2.14. The fraction of sp³-hybridized carbons (Fsp3) is 0.333. The number of benzene rings is 1. The minimum Gasteiger partial charge on any atom is -0.493 e. The lowest BCUT2D eigenvalue weighted by Crippen LogP contribution is -2.03. The molecule has 0 radical (unpaired) electrons. The maximum atomic E-state index is 11.5. The van der Waals surface area contributed by atoms with Crippen LogP contribution in [0.4, 0.5) is 0 Å². The second-order valence-corrected chi connectivity index (χ2v) is 4.50. The molecule has 0 aliphatic carbocycles. The molecule has 0 saturated carbocycles. The maximum absolute atomic E-state index is 11.5. The molecule has 0 N–H and O–H groups in total. The number of nitrogens with zero attached hydrogens (tertiary/aromatic N) is 2. The van der Waals surface area contributed by atoms with Crippen LogP contribution in [0.1, 0.15) is 23.0 Å². The minimum absolute atomic E-state index is 0.0220. The van der Waals surface area contributed by atoms with Crippen molar-refractivity contribution < 1.29 is 19.0 Å². The molecule has 0 aliphatic heterocycles. The van der Waals surface area contributed by atoms with Gasteiger partial charge in [0.05, 0.1) is 44.5 Å². The van der Waals surface area contributed by atoms with E-state index in [2.05, 4.69) is 5.10 Å². The van der Waals surface area contributed by atoms with Crippen LogP contribution in [-0.2, 0) is 0 Å². The van der Waals surface area contributed by atoms with E-state index >= 15 is 0 Å². The van der Waals surface area contributed by atoms with Crippen LogP contribution in [0.2, 0.25) is 0 Å². The number of ether oxygens (including phenoxy) is 3. The van der Waals surface area contributed by atoms with Crippen LogP contribution in [0.15, 0.2) is 18.3 Å². The Hall–Kier alpha value is -2.50. The van der Waals surface area contributed by atoms with Crippen molar-refractivity contribution in [3.05, 3.63) is 29.6 Å². The molecule has 1 aromatic carbocycles. The van der Waals surface area contributed by atoms with Crippen molar-refractivity contribution >= 4 is 5.78 Å². The zero-order chi connectivity index (χ0) is 15.6. The first-order valence-electron chi connectivity index (χ1n) is 6.39. The predicted molar refractivity (Wildman–Crippen MR) is 78.0 cm³/mol. The Morgan fingerprint density at radius 2 is 1.67 bits per heavy atom. The Balaban J connectivity index is 2.62. The molecule has 0 bridgehead atoms. The van der Waals surface area contributed by atoms with E-state index in [1.807, 2.05) is 6.92 Å². The van der Waals surface area contributed by atoms with Gasteiger partial charge in [-0.2, -0.15) is 5.10 Å². The van der Waals surface area contributed by atoms with Crippen molar-refractivity contribution in [3.63, 3.8) is 0 Å². The fourth-order valence-corrected chi connectivity index (χ4v) is 2.21.